The van der Waals surface area contributed by atoms with E-state index in [1.165, 1.54) is 5.56 Å². The maximum absolute atomic E-state index is 12.0. The van der Waals surface area contributed by atoms with Crippen LogP contribution in [-0.2, 0) is 22.6 Å². The normalized spacial score (nSPS) is 17.4. The van der Waals surface area contributed by atoms with Crippen LogP contribution in [0.1, 0.15) is 54.0 Å². The Labute approximate surface area is 140 Å². The molecule has 0 aromatic carbocycles. The summed E-state index contributed by atoms with van der Waals surface area (Å²) in [6.45, 7) is 7.56. The van der Waals surface area contributed by atoms with Crippen molar-refractivity contribution in [2.45, 2.75) is 59.2 Å². The molecule has 1 fully saturated rings. The fourth-order valence-corrected chi connectivity index (χ4v) is 2.72. The van der Waals surface area contributed by atoms with Crippen LogP contribution >= 0.6 is 0 Å². The molecule has 1 aliphatic rings. The monoisotopic (exact) mass is 333 g/mol. The average Bonchev–Trinajstić information content (AvgIpc) is 3.29. The van der Waals surface area contributed by atoms with Gasteiger partial charge < -0.3 is 14.6 Å². The summed E-state index contributed by atoms with van der Waals surface area (Å²) >= 11 is 0. The fourth-order valence-electron chi connectivity index (χ4n) is 2.72. The van der Waals surface area contributed by atoms with Crippen molar-refractivity contribution in [3.63, 3.8) is 0 Å². The summed E-state index contributed by atoms with van der Waals surface area (Å²) in [6, 6.07) is 0. The zero-order valence-electron chi connectivity index (χ0n) is 14.3. The van der Waals surface area contributed by atoms with Crippen LogP contribution in [0.4, 0.5) is 0 Å². The van der Waals surface area contributed by atoms with Crippen LogP contribution in [0.2, 0.25) is 0 Å². The summed E-state index contributed by atoms with van der Waals surface area (Å²) in [7, 11) is 0. The topological polar surface area (TPSA) is 95.1 Å². The van der Waals surface area contributed by atoms with Crippen molar-refractivity contribution in [1.29, 1.82) is 0 Å². The Bertz CT molecular complexity index is 715. The van der Waals surface area contributed by atoms with Gasteiger partial charge in [-0.1, -0.05) is 5.16 Å². The first-order valence-corrected chi connectivity index (χ1v) is 8.26. The Morgan fingerprint density at radius 2 is 2.21 bits per heavy atom. The molecule has 0 unspecified atom stereocenters. The molecule has 1 amide bonds. The standard InChI is InChI=1S/C16H23N5O3/c1-10-11(2)19-21(12(10)3)7-6-15(22)17-9-14-18-16(24-20-14)13-5-4-8-23-13/h13H,4-9H2,1-3H3,(H,17,22)/t13-/m0/s1. The lowest BCUT2D eigenvalue weighted by molar-refractivity contribution is -0.121. The van der Waals surface area contributed by atoms with Crippen molar-refractivity contribution in [3.05, 3.63) is 28.7 Å². The number of nitrogens with one attached hydrogen (secondary N) is 1. The highest BCUT2D eigenvalue weighted by Crippen LogP contribution is 2.26. The van der Waals surface area contributed by atoms with Gasteiger partial charge in [-0.25, -0.2) is 0 Å². The van der Waals surface area contributed by atoms with E-state index in [0.29, 0.717) is 24.7 Å². The molecule has 2 aromatic heterocycles. The third kappa shape index (κ3) is 3.64. The van der Waals surface area contributed by atoms with Gasteiger partial charge in [0.2, 0.25) is 5.91 Å². The van der Waals surface area contributed by atoms with Gasteiger partial charge in [0.25, 0.3) is 5.89 Å². The molecular weight excluding hydrogens is 310 g/mol. The Morgan fingerprint density at radius 1 is 1.38 bits per heavy atom. The van der Waals surface area contributed by atoms with Gasteiger partial charge in [0.15, 0.2) is 5.82 Å². The van der Waals surface area contributed by atoms with E-state index in [2.05, 4.69) is 20.6 Å². The van der Waals surface area contributed by atoms with E-state index in [-0.39, 0.29) is 18.6 Å². The highest BCUT2D eigenvalue weighted by atomic mass is 16.5. The number of aromatic nitrogens is 4. The van der Waals surface area contributed by atoms with Crippen LogP contribution in [0.5, 0.6) is 0 Å². The average molecular weight is 333 g/mol. The molecule has 8 nitrogen and oxygen atoms in total. The molecule has 3 rings (SSSR count). The van der Waals surface area contributed by atoms with Gasteiger partial charge in [-0.2, -0.15) is 10.1 Å². The lowest BCUT2D eigenvalue weighted by Crippen LogP contribution is -2.24. The van der Waals surface area contributed by atoms with Gasteiger partial charge in [-0.3, -0.25) is 9.48 Å². The Hall–Kier alpha value is -2.22. The molecular formula is C16H23N5O3. The van der Waals surface area contributed by atoms with Gasteiger partial charge in [-0.15, -0.1) is 0 Å². The number of carbonyl (C=O) groups excluding carboxylic acids is 1. The van der Waals surface area contributed by atoms with E-state index in [0.717, 1.165) is 30.8 Å². The first-order valence-electron chi connectivity index (χ1n) is 8.26. The highest BCUT2D eigenvalue weighted by Gasteiger charge is 2.23. The summed E-state index contributed by atoms with van der Waals surface area (Å²) in [5, 5.41) is 11.1. The first-order chi connectivity index (χ1) is 11.5. The number of nitrogens with zero attached hydrogens (tertiary/aromatic N) is 4. The Balaban J connectivity index is 1.46. The van der Waals surface area contributed by atoms with Crippen LogP contribution in [0, 0.1) is 20.8 Å². The molecule has 0 bridgehead atoms. The van der Waals surface area contributed by atoms with Gasteiger partial charge in [0.1, 0.15) is 6.10 Å². The van der Waals surface area contributed by atoms with Crippen LogP contribution in [0.15, 0.2) is 4.52 Å². The maximum Gasteiger partial charge on any atom is 0.255 e. The van der Waals surface area contributed by atoms with Crippen LogP contribution in [0.3, 0.4) is 0 Å². The fraction of sp³-hybridized carbons (Fsp3) is 0.625. The second kappa shape index (κ2) is 7.12. The first kappa shape index (κ1) is 16.6. The van der Waals surface area contributed by atoms with E-state index in [1.54, 1.807) is 0 Å². The lowest BCUT2D eigenvalue weighted by Gasteiger charge is -2.05. The number of rotatable bonds is 6. The third-order valence-electron chi connectivity index (χ3n) is 4.43. The van der Waals surface area contributed by atoms with E-state index >= 15 is 0 Å². The Morgan fingerprint density at radius 3 is 2.88 bits per heavy atom. The van der Waals surface area contributed by atoms with Gasteiger partial charge in [0.05, 0.1) is 12.2 Å². The molecule has 0 aliphatic carbocycles. The van der Waals surface area contributed by atoms with E-state index in [4.69, 9.17) is 9.26 Å². The predicted octanol–water partition coefficient (Wildman–Crippen LogP) is 1.75. The minimum Gasteiger partial charge on any atom is -0.368 e. The molecule has 0 radical (unpaired) electrons. The molecule has 24 heavy (non-hydrogen) atoms. The number of hydrogen-bond donors (Lipinski definition) is 1. The van der Waals surface area contributed by atoms with Crippen molar-refractivity contribution in [2.24, 2.45) is 0 Å². The molecule has 0 spiro atoms. The van der Waals surface area contributed by atoms with Crippen molar-refractivity contribution in [3.8, 4) is 0 Å². The quantitative estimate of drug-likeness (QED) is 0.865. The molecule has 2 aromatic rings. The van der Waals surface area contributed by atoms with Crippen molar-refractivity contribution in [2.75, 3.05) is 6.61 Å². The summed E-state index contributed by atoms with van der Waals surface area (Å²) in [6.07, 6.45) is 2.16. The van der Waals surface area contributed by atoms with Crippen molar-refractivity contribution in [1.82, 2.24) is 25.2 Å². The van der Waals surface area contributed by atoms with Crippen LogP contribution in [-0.4, -0.2) is 32.4 Å². The summed E-state index contributed by atoms with van der Waals surface area (Å²) < 4.78 is 12.6. The number of ether oxygens (including phenoxy) is 1. The van der Waals surface area contributed by atoms with Gasteiger partial charge in [0, 0.05) is 25.3 Å². The molecule has 1 N–H and O–H groups in total. The molecule has 8 heteroatoms. The second-order valence-electron chi connectivity index (χ2n) is 6.10. The second-order valence-corrected chi connectivity index (χ2v) is 6.10. The minimum atomic E-state index is -0.101. The van der Waals surface area contributed by atoms with E-state index in [9.17, 15) is 4.79 Å². The van der Waals surface area contributed by atoms with Gasteiger partial charge in [-0.05, 0) is 39.2 Å². The summed E-state index contributed by atoms with van der Waals surface area (Å²) in [5.41, 5.74) is 3.27. The minimum absolute atomic E-state index is 0.0660. The van der Waals surface area contributed by atoms with Crippen LogP contribution < -0.4 is 5.32 Å². The molecule has 1 aliphatic heterocycles. The van der Waals surface area contributed by atoms with Crippen molar-refractivity contribution < 1.29 is 14.1 Å². The molecule has 1 atom stereocenters. The molecule has 0 saturated carbocycles. The number of hydrogen-bond acceptors (Lipinski definition) is 6. The largest absolute Gasteiger partial charge is 0.368 e. The number of amides is 1. The third-order valence-corrected chi connectivity index (χ3v) is 4.43. The van der Waals surface area contributed by atoms with E-state index < -0.39 is 0 Å². The molecule has 3 heterocycles. The zero-order valence-corrected chi connectivity index (χ0v) is 14.3. The van der Waals surface area contributed by atoms with E-state index in [1.807, 2.05) is 25.5 Å². The molecule has 1 saturated heterocycles. The highest BCUT2D eigenvalue weighted by molar-refractivity contribution is 5.75. The number of carbonyl (C=O) groups is 1. The summed E-state index contributed by atoms with van der Waals surface area (Å²) in [4.78, 5) is 16.3. The lowest BCUT2D eigenvalue weighted by atomic mass is 10.2. The maximum atomic E-state index is 12.0. The van der Waals surface area contributed by atoms with Gasteiger partial charge >= 0.3 is 0 Å². The Kier molecular flexibility index (Phi) is 4.94. The zero-order chi connectivity index (χ0) is 17.1. The SMILES string of the molecule is Cc1nn(CCC(=O)NCc2noc([C@@H]3CCCO3)n2)c(C)c1C. The van der Waals surface area contributed by atoms with Crippen LogP contribution in [0.25, 0.3) is 0 Å². The smallest absolute Gasteiger partial charge is 0.255 e. The van der Waals surface area contributed by atoms with Crippen molar-refractivity contribution >= 4 is 5.91 Å². The number of aryl methyl sites for hydroxylation is 2. The summed E-state index contributed by atoms with van der Waals surface area (Å²) in [5.74, 6) is 0.898. The molecule has 130 valence electrons. The predicted molar refractivity (Wildman–Crippen MR) is 85.1 cm³/mol.